The van der Waals surface area contributed by atoms with Gasteiger partial charge in [0.05, 0.1) is 5.83 Å². The van der Waals surface area contributed by atoms with E-state index in [1.165, 1.54) is 13.0 Å². The number of halogens is 2. The van der Waals surface area contributed by atoms with E-state index in [4.69, 9.17) is 11.6 Å². The summed E-state index contributed by atoms with van der Waals surface area (Å²) in [6.07, 6.45) is 1.48. The molecule has 0 unspecified atom stereocenters. The maximum Gasteiger partial charge on any atom is 0.225 e. The van der Waals surface area contributed by atoms with Gasteiger partial charge in [-0.25, -0.2) is 4.39 Å². The second-order valence-electron chi connectivity index (χ2n) is 3.88. The average Bonchev–Trinajstić information content (AvgIpc) is 2.32. The van der Waals surface area contributed by atoms with Gasteiger partial charge in [-0.3, -0.25) is 4.79 Å². The van der Waals surface area contributed by atoms with E-state index in [0.717, 1.165) is 0 Å². The molecule has 1 fully saturated rings. The molecule has 0 spiro atoms. The van der Waals surface area contributed by atoms with Gasteiger partial charge in [0, 0.05) is 5.92 Å². The Hall–Kier alpha value is -0.370. The minimum atomic E-state index is -0.359. The molecule has 0 aliphatic heterocycles. The van der Waals surface area contributed by atoms with Crippen molar-refractivity contribution in [2.45, 2.75) is 20.8 Å². The van der Waals surface area contributed by atoms with Crippen LogP contribution in [0.25, 0.3) is 0 Å². The lowest BCUT2D eigenvalue weighted by molar-refractivity contribution is -0.113. The van der Waals surface area contributed by atoms with Crippen LogP contribution in [0.5, 0.6) is 0 Å². The van der Waals surface area contributed by atoms with Gasteiger partial charge in [-0.2, -0.15) is 0 Å². The summed E-state index contributed by atoms with van der Waals surface area (Å²) in [4.78, 5) is 10.8. The van der Waals surface area contributed by atoms with E-state index in [0.29, 0.717) is 0 Å². The van der Waals surface area contributed by atoms with E-state index in [-0.39, 0.29) is 28.3 Å². The highest BCUT2D eigenvalue weighted by atomic mass is 35.5. The normalized spacial score (nSPS) is 33.2. The van der Waals surface area contributed by atoms with Crippen molar-refractivity contribution in [3.05, 3.63) is 11.9 Å². The summed E-state index contributed by atoms with van der Waals surface area (Å²) in [5.74, 6) is -0.467. The second-order valence-corrected chi connectivity index (χ2v) is 4.25. The van der Waals surface area contributed by atoms with Gasteiger partial charge in [0.2, 0.25) is 5.24 Å². The van der Waals surface area contributed by atoms with Gasteiger partial charge in [-0.1, -0.05) is 13.8 Å². The predicted octanol–water partition coefficient (Wildman–Crippen LogP) is 2.90. The molecule has 1 aliphatic rings. The van der Waals surface area contributed by atoms with Crippen LogP contribution < -0.4 is 0 Å². The smallest absolute Gasteiger partial charge is 0.225 e. The molecule has 0 aromatic rings. The van der Waals surface area contributed by atoms with Gasteiger partial charge in [-0.05, 0) is 35.9 Å². The summed E-state index contributed by atoms with van der Waals surface area (Å²) in [5.41, 5.74) is -0.161. The minimum absolute atomic E-state index is 0.0208. The Morgan fingerprint density at radius 1 is 1.58 bits per heavy atom. The molecule has 1 nitrogen and oxygen atoms in total. The number of hydrogen-bond donors (Lipinski definition) is 0. The predicted molar refractivity (Wildman–Crippen MR) is 46.5 cm³/mol. The molecule has 0 aromatic carbocycles. The van der Waals surface area contributed by atoms with Gasteiger partial charge in [0.1, 0.15) is 0 Å². The summed E-state index contributed by atoms with van der Waals surface area (Å²) in [7, 11) is 0. The first-order valence-corrected chi connectivity index (χ1v) is 4.28. The largest absolute Gasteiger partial charge is 0.281 e. The third-order valence-electron chi connectivity index (χ3n) is 2.56. The molecule has 68 valence electrons. The molecule has 0 heterocycles. The monoisotopic (exact) mass is 190 g/mol. The highest BCUT2D eigenvalue weighted by molar-refractivity contribution is 6.64. The molecule has 12 heavy (non-hydrogen) atoms. The maximum absolute atomic E-state index is 12.5. The second kappa shape index (κ2) is 2.84. The summed E-state index contributed by atoms with van der Waals surface area (Å²) in [6, 6.07) is 0. The number of carbonyl (C=O) groups is 1. The fourth-order valence-electron chi connectivity index (χ4n) is 1.67. The minimum Gasteiger partial charge on any atom is -0.281 e. The zero-order chi connectivity index (χ0) is 9.52. The molecule has 0 N–H and O–H groups in total. The van der Waals surface area contributed by atoms with Crippen LogP contribution in [0.3, 0.4) is 0 Å². The van der Waals surface area contributed by atoms with E-state index in [2.05, 4.69) is 0 Å². The quantitative estimate of drug-likeness (QED) is 0.612. The molecule has 0 bridgehead atoms. The fraction of sp³-hybridized carbons (Fsp3) is 0.667. The lowest BCUT2D eigenvalue weighted by Crippen LogP contribution is -1.96. The molecule has 1 saturated carbocycles. The van der Waals surface area contributed by atoms with Crippen molar-refractivity contribution in [1.82, 2.24) is 0 Å². The first-order valence-electron chi connectivity index (χ1n) is 3.90. The van der Waals surface area contributed by atoms with Crippen molar-refractivity contribution in [3.8, 4) is 0 Å². The van der Waals surface area contributed by atoms with Gasteiger partial charge in [-0.15, -0.1) is 0 Å². The molecule has 0 aromatic heterocycles. The Bertz CT molecular complexity index is 241. The van der Waals surface area contributed by atoms with E-state index in [9.17, 15) is 9.18 Å². The Labute approximate surface area is 76.6 Å². The van der Waals surface area contributed by atoms with Crippen LogP contribution in [0, 0.1) is 17.3 Å². The van der Waals surface area contributed by atoms with Crippen LogP contribution >= 0.6 is 11.6 Å². The van der Waals surface area contributed by atoms with Crippen molar-refractivity contribution < 1.29 is 9.18 Å². The third-order valence-corrected chi connectivity index (χ3v) is 2.80. The van der Waals surface area contributed by atoms with Crippen LogP contribution in [-0.2, 0) is 4.79 Å². The Morgan fingerprint density at radius 2 is 2.08 bits per heavy atom. The van der Waals surface area contributed by atoms with Crippen LogP contribution in [0.4, 0.5) is 4.39 Å². The highest BCUT2D eigenvalue weighted by Gasteiger charge is 2.60. The van der Waals surface area contributed by atoms with E-state index < -0.39 is 0 Å². The van der Waals surface area contributed by atoms with Crippen molar-refractivity contribution in [3.63, 3.8) is 0 Å². The van der Waals surface area contributed by atoms with Crippen LogP contribution in [0.2, 0.25) is 0 Å². The van der Waals surface area contributed by atoms with Gasteiger partial charge in [0.25, 0.3) is 0 Å². The Morgan fingerprint density at radius 3 is 2.33 bits per heavy atom. The molecule has 3 heteroatoms. The molecule has 0 amide bonds. The molecule has 1 rings (SSSR count). The summed E-state index contributed by atoms with van der Waals surface area (Å²) in [6.45, 7) is 5.22. The van der Waals surface area contributed by atoms with Crippen molar-refractivity contribution >= 4 is 16.8 Å². The summed E-state index contributed by atoms with van der Waals surface area (Å²) >= 11 is 5.35. The molecule has 0 saturated heterocycles. The first kappa shape index (κ1) is 9.72. The number of allylic oxidation sites excluding steroid dienone is 2. The molecular weight excluding hydrogens is 179 g/mol. The number of rotatable bonds is 2. The van der Waals surface area contributed by atoms with Crippen molar-refractivity contribution in [1.29, 1.82) is 0 Å². The summed E-state index contributed by atoms with van der Waals surface area (Å²) in [5, 5.41) is -0.359. The van der Waals surface area contributed by atoms with E-state index in [1.54, 1.807) is 0 Å². The standard InChI is InChI=1S/C9H12ClFO/c1-5(11)4-6-7(8(10)12)9(6,2)3/h4,6-7H,1-3H3/t6-,7-/m0/s1. The zero-order valence-electron chi connectivity index (χ0n) is 7.40. The highest BCUT2D eigenvalue weighted by Crippen LogP contribution is 2.60. The number of hydrogen-bond acceptors (Lipinski definition) is 1. The van der Waals surface area contributed by atoms with Crippen LogP contribution in [0.1, 0.15) is 20.8 Å². The van der Waals surface area contributed by atoms with Gasteiger partial charge in [0.15, 0.2) is 0 Å². The number of carbonyl (C=O) groups excluding carboxylic acids is 1. The molecule has 0 radical (unpaired) electrons. The van der Waals surface area contributed by atoms with Crippen molar-refractivity contribution in [2.75, 3.05) is 0 Å². The van der Waals surface area contributed by atoms with Gasteiger partial charge < -0.3 is 0 Å². The van der Waals surface area contributed by atoms with E-state index in [1.807, 2.05) is 13.8 Å². The molecular formula is C9H12ClFO. The molecule has 2 atom stereocenters. The van der Waals surface area contributed by atoms with Crippen LogP contribution in [0.15, 0.2) is 11.9 Å². The van der Waals surface area contributed by atoms with Crippen molar-refractivity contribution in [2.24, 2.45) is 17.3 Å². The Balaban J connectivity index is 2.73. The third kappa shape index (κ3) is 1.53. The zero-order valence-corrected chi connectivity index (χ0v) is 8.15. The fourth-order valence-corrected chi connectivity index (χ4v) is 2.09. The first-order chi connectivity index (χ1) is 5.37. The maximum atomic E-state index is 12.5. The Kier molecular flexibility index (Phi) is 2.30. The van der Waals surface area contributed by atoms with Gasteiger partial charge >= 0.3 is 0 Å². The average molecular weight is 191 g/mol. The van der Waals surface area contributed by atoms with E-state index >= 15 is 0 Å². The SMILES string of the molecule is CC(F)=C[C@H]1[C@@H](C(=O)Cl)C1(C)C. The lowest BCUT2D eigenvalue weighted by atomic mass is 10.1. The summed E-state index contributed by atoms with van der Waals surface area (Å²) < 4.78 is 12.5. The van der Waals surface area contributed by atoms with Crippen LogP contribution in [-0.4, -0.2) is 5.24 Å². The molecule has 1 aliphatic carbocycles. The lowest BCUT2D eigenvalue weighted by Gasteiger charge is -1.96. The topological polar surface area (TPSA) is 17.1 Å².